The molecule has 66 valence electrons. The van der Waals surface area contributed by atoms with Crippen LogP contribution in [0.1, 0.15) is 46.0 Å². The van der Waals surface area contributed by atoms with Crippen molar-refractivity contribution in [3.05, 3.63) is 11.1 Å². The van der Waals surface area contributed by atoms with Gasteiger partial charge in [-0.3, -0.25) is 4.79 Å². The normalized spacial score (nSPS) is 35.7. The van der Waals surface area contributed by atoms with Crippen molar-refractivity contribution in [1.82, 2.24) is 0 Å². The Labute approximate surface area is 73.8 Å². The zero-order chi connectivity index (χ0) is 8.77. The lowest BCUT2D eigenvalue weighted by Gasteiger charge is -2.31. The van der Waals surface area contributed by atoms with E-state index in [0.29, 0.717) is 5.78 Å². The van der Waals surface area contributed by atoms with Gasteiger partial charge >= 0.3 is 0 Å². The minimum Gasteiger partial charge on any atom is -0.295 e. The molecule has 0 bridgehead atoms. The van der Waals surface area contributed by atoms with E-state index in [-0.39, 0.29) is 5.41 Å². The molecule has 1 fully saturated rings. The standard InChI is InChI=1S/C11H16O/c1-8-9-5-3-4-6-11(9,2)7-10(8)12/h3-7H2,1-2H3/t11-/m1/s1. The molecule has 0 amide bonds. The Kier molecular flexibility index (Phi) is 1.64. The number of fused-ring (bicyclic) bond motifs is 1. The molecule has 0 unspecified atom stereocenters. The van der Waals surface area contributed by atoms with Gasteiger partial charge in [-0.15, -0.1) is 0 Å². The Bertz CT molecular complexity index is 262. The van der Waals surface area contributed by atoms with E-state index in [0.717, 1.165) is 12.0 Å². The summed E-state index contributed by atoms with van der Waals surface area (Å²) in [5, 5.41) is 0. The van der Waals surface area contributed by atoms with Gasteiger partial charge in [-0.05, 0) is 37.2 Å². The van der Waals surface area contributed by atoms with Crippen LogP contribution in [0.2, 0.25) is 0 Å². The second-order valence-electron chi connectivity index (χ2n) is 4.47. The Morgan fingerprint density at radius 2 is 2.08 bits per heavy atom. The van der Waals surface area contributed by atoms with E-state index in [4.69, 9.17) is 0 Å². The predicted octanol–water partition coefficient (Wildman–Crippen LogP) is 2.86. The lowest BCUT2D eigenvalue weighted by atomic mass is 9.72. The fourth-order valence-electron chi connectivity index (χ4n) is 2.76. The van der Waals surface area contributed by atoms with Crippen LogP contribution in [0.5, 0.6) is 0 Å². The summed E-state index contributed by atoms with van der Waals surface area (Å²) in [5.41, 5.74) is 2.82. The maximum absolute atomic E-state index is 11.5. The lowest BCUT2D eigenvalue weighted by Crippen LogP contribution is -2.20. The molecule has 0 aromatic carbocycles. The largest absolute Gasteiger partial charge is 0.295 e. The van der Waals surface area contributed by atoms with Gasteiger partial charge in [-0.1, -0.05) is 18.9 Å². The summed E-state index contributed by atoms with van der Waals surface area (Å²) in [6, 6.07) is 0. The molecule has 0 saturated heterocycles. The number of allylic oxidation sites excluding steroid dienone is 2. The van der Waals surface area contributed by atoms with Gasteiger partial charge in [0.25, 0.3) is 0 Å². The number of hydrogen-bond acceptors (Lipinski definition) is 1. The minimum absolute atomic E-state index is 0.263. The fraction of sp³-hybridized carbons (Fsp3) is 0.727. The van der Waals surface area contributed by atoms with Gasteiger partial charge in [-0.25, -0.2) is 0 Å². The average molecular weight is 164 g/mol. The van der Waals surface area contributed by atoms with E-state index in [9.17, 15) is 4.79 Å². The molecule has 0 aromatic rings. The quantitative estimate of drug-likeness (QED) is 0.538. The third-order valence-electron chi connectivity index (χ3n) is 3.56. The summed E-state index contributed by atoms with van der Waals surface area (Å²) >= 11 is 0. The maximum atomic E-state index is 11.5. The molecule has 2 aliphatic rings. The van der Waals surface area contributed by atoms with E-state index < -0.39 is 0 Å². The van der Waals surface area contributed by atoms with E-state index in [1.54, 1.807) is 0 Å². The number of carbonyl (C=O) groups excluding carboxylic acids is 1. The molecule has 1 nitrogen and oxygen atoms in total. The molecular weight excluding hydrogens is 148 g/mol. The van der Waals surface area contributed by atoms with E-state index in [2.05, 4.69) is 6.92 Å². The highest BCUT2D eigenvalue weighted by Crippen LogP contribution is 2.49. The summed E-state index contributed by atoms with van der Waals surface area (Å²) in [6.07, 6.45) is 5.78. The van der Waals surface area contributed by atoms with Crippen molar-refractivity contribution in [2.45, 2.75) is 46.0 Å². The topological polar surface area (TPSA) is 17.1 Å². The monoisotopic (exact) mass is 164 g/mol. The Morgan fingerprint density at radius 3 is 2.75 bits per heavy atom. The predicted molar refractivity (Wildman–Crippen MR) is 48.9 cm³/mol. The van der Waals surface area contributed by atoms with Gasteiger partial charge in [-0.2, -0.15) is 0 Å². The van der Waals surface area contributed by atoms with Crippen LogP contribution >= 0.6 is 0 Å². The minimum atomic E-state index is 0.263. The van der Waals surface area contributed by atoms with Gasteiger partial charge in [0.05, 0.1) is 0 Å². The average Bonchev–Trinajstić information content (AvgIpc) is 2.24. The molecule has 0 aromatic heterocycles. The van der Waals surface area contributed by atoms with Crippen LogP contribution in [-0.4, -0.2) is 5.78 Å². The zero-order valence-electron chi connectivity index (χ0n) is 7.94. The molecule has 0 spiro atoms. The summed E-state index contributed by atoms with van der Waals surface area (Å²) in [5.74, 6) is 0.398. The summed E-state index contributed by atoms with van der Waals surface area (Å²) in [7, 11) is 0. The van der Waals surface area contributed by atoms with E-state index in [1.807, 2.05) is 6.92 Å². The summed E-state index contributed by atoms with van der Waals surface area (Å²) in [6.45, 7) is 4.27. The van der Waals surface area contributed by atoms with Crippen molar-refractivity contribution in [3.8, 4) is 0 Å². The molecule has 1 atom stereocenters. The number of rotatable bonds is 0. The van der Waals surface area contributed by atoms with Crippen LogP contribution in [0.4, 0.5) is 0 Å². The van der Waals surface area contributed by atoms with Crippen molar-refractivity contribution >= 4 is 5.78 Å². The first kappa shape index (κ1) is 8.03. The molecule has 1 heteroatoms. The third-order valence-corrected chi connectivity index (χ3v) is 3.56. The van der Waals surface area contributed by atoms with E-state index in [1.165, 1.54) is 31.3 Å². The highest BCUT2D eigenvalue weighted by Gasteiger charge is 2.40. The maximum Gasteiger partial charge on any atom is 0.159 e. The van der Waals surface area contributed by atoms with Crippen LogP contribution in [0.25, 0.3) is 0 Å². The number of ketones is 1. The molecule has 2 aliphatic carbocycles. The first-order chi connectivity index (χ1) is 5.63. The molecule has 12 heavy (non-hydrogen) atoms. The second-order valence-corrected chi connectivity index (χ2v) is 4.47. The first-order valence-corrected chi connectivity index (χ1v) is 4.87. The molecule has 2 rings (SSSR count). The lowest BCUT2D eigenvalue weighted by molar-refractivity contribution is -0.116. The Balaban J connectivity index is 2.40. The van der Waals surface area contributed by atoms with Crippen LogP contribution in [0.15, 0.2) is 11.1 Å². The SMILES string of the molecule is CC1=C2CCCC[C@]2(C)CC1=O. The number of hydrogen-bond donors (Lipinski definition) is 0. The van der Waals surface area contributed by atoms with Crippen molar-refractivity contribution in [2.75, 3.05) is 0 Å². The Hall–Kier alpha value is -0.590. The first-order valence-electron chi connectivity index (χ1n) is 4.87. The molecule has 0 heterocycles. The molecule has 1 saturated carbocycles. The smallest absolute Gasteiger partial charge is 0.159 e. The fourth-order valence-corrected chi connectivity index (χ4v) is 2.76. The summed E-state index contributed by atoms with van der Waals surface area (Å²) in [4.78, 5) is 11.5. The molecular formula is C11H16O. The van der Waals surface area contributed by atoms with Crippen LogP contribution < -0.4 is 0 Å². The van der Waals surface area contributed by atoms with Crippen molar-refractivity contribution in [1.29, 1.82) is 0 Å². The van der Waals surface area contributed by atoms with Crippen LogP contribution in [0.3, 0.4) is 0 Å². The van der Waals surface area contributed by atoms with Gasteiger partial charge in [0.15, 0.2) is 5.78 Å². The van der Waals surface area contributed by atoms with Gasteiger partial charge in [0, 0.05) is 6.42 Å². The van der Waals surface area contributed by atoms with E-state index >= 15 is 0 Å². The van der Waals surface area contributed by atoms with Crippen molar-refractivity contribution in [2.24, 2.45) is 5.41 Å². The molecule has 0 N–H and O–H groups in total. The highest BCUT2D eigenvalue weighted by molar-refractivity contribution is 5.99. The molecule has 0 aliphatic heterocycles. The highest BCUT2D eigenvalue weighted by atomic mass is 16.1. The second kappa shape index (κ2) is 2.45. The Morgan fingerprint density at radius 1 is 1.33 bits per heavy atom. The third kappa shape index (κ3) is 0.954. The van der Waals surface area contributed by atoms with Crippen molar-refractivity contribution < 1.29 is 4.79 Å². The van der Waals surface area contributed by atoms with Crippen LogP contribution in [-0.2, 0) is 4.79 Å². The molecule has 0 radical (unpaired) electrons. The van der Waals surface area contributed by atoms with Gasteiger partial charge in [0.2, 0.25) is 0 Å². The van der Waals surface area contributed by atoms with Crippen molar-refractivity contribution in [3.63, 3.8) is 0 Å². The number of carbonyl (C=O) groups is 1. The van der Waals surface area contributed by atoms with Crippen LogP contribution in [0, 0.1) is 5.41 Å². The number of Topliss-reactive ketones (excluding diaryl/α,β-unsaturated/α-hetero) is 1. The van der Waals surface area contributed by atoms with Gasteiger partial charge < -0.3 is 0 Å². The summed E-state index contributed by atoms with van der Waals surface area (Å²) < 4.78 is 0. The van der Waals surface area contributed by atoms with Gasteiger partial charge in [0.1, 0.15) is 0 Å². The zero-order valence-corrected chi connectivity index (χ0v) is 7.94.